The van der Waals surface area contributed by atoms with E-state index in [1.807, 2.05) is 11.9 Å². The molecule has 2 rings (SSSR count). The standard InChI is InChI=1S/C13H18N2O4S/c1-8(16)11-10(12(17)18)14-13(20-11)15(2)6-9-4-3-5-19-7-9/h9H,3-7H2,1-2H3,(H,17,18). The number of hydrogen-bond acceptors (Lipinski definition) is 6. The van der Waals surface area contributed by atoms with Crippen LogP contribution in [0.2, 0.25) is 0 Å². The number of carbonyl (C=O) groups is 2. The van der Waals surface area contributed by atoms with Gasteiger partial charge in [0.25, 0.3) is 0 Å². The topological polar surface area (TPSA) is 79.7 Å². The van der Waals surface area contributed by atoms with Crippen molar-refractivity contribution >= 4 is 28.2 Å². The molecule has 0 bridgehead atoms. The number of carboxylic acids is 1. The number of carboxylic acid groups (broad SMARTS) is 1. The molecular formula is C13H18N2O4S. The summed E-state index contributed by atoms with van der Waals surface area (Å²) in [6, 6.07) is 0. The van der Waals surface area contributed by atoms with E-state index in [-0.39, 0.29) is 16.4 Å². The van der Waals surface area contributed by atoms with Crippen LogP contribution >= 0.6 is 11.3 Å². The Morgan fingerprint density at radius 1 is 1.55 bits per heavy atom. The summed E-state index contributed by atoms with van der Waals surface area (Å²) in [7, 11) is 1.86. The molecule has 0 radical (unpaired) electrons. The third kappa shape index (κ3) is 3.34. The van der Waals surface area contributed by atoms with Gasteiger partial charge in [-0.2, -0.15) is 0 Å². The van der Waals surface area contributed by atoms with E-state index in [4.69, 9.17) is 9.84 Å². The van der Waals surface area contributed by atoms with Crippen molar-refractivity contribution in [2.24, 2.45) is 5.92 Å². The average molecular weight is 298 g/mol. The molecule has 1 aliphatic rings. The first-order chi connectivity index (χ1) is 9.49. The molecule has 0 spiro atoms. The molecule has 110 valence electrons. The van der Waals surface area contributed by atoms with Crippen molar-refractivity contribution in [2.45, 2.75) is 19.8 Å². The second-order valence-corrected chi connectivity index (χ2v) is 5.98. The molecule has 6 nitrogen and oxygen atoms in total. The predicted octanol–water partition coefficient (Wildman–Crippen LogP) is 1.91. The van der Waals surface area contributed by atoms with E-state index in [0.717, 1.165) is 43.9 Å². The Kier molecular flexibility index (Phi) is 4.72. The van der Waals surface area contributed by atoms with Crippen molar-refractivity contribution in [2.75, 3.05) is 31.7 Å². The summed E-state index contributed by atoms with van der Waals surface area (Å²) in [5, 5.41) is 9.65. The summed E-state index contributed by atoms with van der Waals surface area (Å²) in [5.41, 5.74) is -0.149. The normalized spacial score (nSPS) is 18.8. The molecule has 1 atom stereocenters. The minimum absolute atomic E-state index is 0.149. The third-order valence-electron chi connectivity index (χ3n) is 3.25. The molecule has 20 heavy (non-hydrogen) atoms. The smallest absolute Gasteiger partial charge is 0.356 e. The molecule has 1 saturated heterocycles. The highest BCUT2D eigenvalue weighted by molar-refractivity contribution is 7.17. The largest absolute Gasteiger partial charge is 0.476 e. The number of rotatable bonds is 5. The first-order valence-electron chi connectivity index (χ1n) is 6.53. The number of ketones is 1. The lowest BCUT2D eigenvalue weighted by atomic mass is 10.0. The number of ether oxygens (including phenoxy) is 1. The van der Waals surface area contributed by atoms with Crippen LogP contribution in [0, 0.1) is 5.92 Å². The van der Waals surface area contributed by atoms with Gasteiger partial charge in [-0.25, -0.2) is 9.78 Å². The van der Waals surface area contributed by atoms with Crippen LogP contribution in [0.3, 0.4) is 0 Å². The second kappa shape index (κ2) is 6.32. The van der Waals surface area contributed by atoms with Crippen molar-refractivity contribution in [1.82, 2.24) is 4.98 Å². The van der Waals surface area contributed by atoms with Crippen molar-refractivity contribution < 1.29 is 19.4 Å². The number of carbonyl (C=O) groups excluding carboxylic acids is 1. The van der Waals surface area contributed by atoms with Crippen LogP contribution in [-0.2, 0) is 4.74 Å². The summed E-state index contributed by atoms with van der Waals surface area (Å²) < 4.78 is 5.43. The Labute approximate surface area is 121 Å². The zero-order chi connectivity index (χ0) is 14.7. The van der Waals surface area contributed by atoms with E-state index in [9.17, 15) is 9.59 Å². The molecule has 1 aromatic rings. The molecule has 2 heterocycles. The first-order valence-corrected chi connectivity index (χ1v) is 7.34. The Hall–Kier alpha value is -1.47. The summed E-state index contributed by atoms with van der Waals surface area (Å²) in [6.45, 7) is 3.65. The van der Waals surface area contributed by atoms with Crippen LogP contribution in [0.15, 0.2) is 0 Å². The summed E-state index contributed by atoms with van der Waals surface area (Å²) in [4.78, 5) is 28.8. The highest BCUT2D eigenvalue weighted by atomic mass is 32.1. The molecule has 0 aromatic carbocycles. The lowest BCUT2D eigenvalue weighted by Gasteiger charge is -2.26. The van der Waals surface area contributed by atoms with E-state index in [2.05, 4.69) is 4.98 Å². The Morgan fingerprint density at radius 2 is 2.30 bits per heavy atom. The van der Waals surface area contributed by atoms with Gasteiger partial charge in [0, 0.05) is 27.1 Å². The van der Waals surface area contributed by atoms with Crippen LogP contribution < -0.4 is 4.90 Å². The van der Waals surface area contributed by atoms with E-state index in [1.165, 1.54) is 6.92 Å². The van der Waals surface area contributed by atoms with Crippen molar-refractivity contribution in [1.29, 1.82) is 0 Å². The molecule has 1 aromatic heterocycles. The fourth-order valence-corrected chi connectivity index (χ4v) is 3.20. The van der Waals surface area contributed by atoms with Crippen LogP contribution in [-0.4, -0.2) is 48.6 Å². The van der Waals surface area contributed by atoms with Gasteiger partial charge >= 0.3 is 5.97 Å². The van der Waals surface area contributed by atoms with Crippen LogP contribution in [0.1, 0.15) is 39.9 Å². The maximum absolute atomic E-state index is 11.5. The van der Waals surface area contributed by atoms with E-state index >= 15 is 0 Å². The van der Waals surface area contributed by atoms with Crippen LogP contribution in [0.25, 0.3) is 0 Å². The van der Waals surface area contributed by atoms with Crippen molar-refractivity contribution in [3.05, 3.63) is 10.6 Å². The predicted molar refractivity (Wildman–Crippen MR) is 75.9 cm³/mol. The van der Waals surface area contributed by atoms with Gasteiger partial charge in [-0.1, -0.05) is 11.3 Å². The number of Topliss-reactive ketones (excluding diaryl/α,β-unsaturated/α-hetero) is 1. The van der Waals surface area contributed by atoms with Crippen LogP contribution in [0.4, 0.5) is 5.13 Å². The van der Waals surface area contributed by atoms with Crippen molar-refractivity contribution in [3.63, 3.8) is 0 Å². The van der Waals surface area contributed by atoms with Gasteiger partial charge in [0.2, 0.25) is 0 Å². The number of aromatic nitrogens is 1. The van der Waals surface area contributed by atoms with E-state index in [1.54, 1.807) is 0 Å². The average Bonchev–Trinajstić information content (AvgIpc) is 2.85. The molecule has 1 aliphatic heterocycles. The van der Waals surface area contributed by atoms with Gasteiger partial charge in [0.05, 0.1) is 6.61 Å². The molecule has 1 fully saturated rings. The maximum atomic E-state index is 11.5. The lowest BCUT2D eigenvalue weighted by molar-refractivity contribution is 0.0576. The molecular weight excluding hydrogens is 280 g/mol. The minimum Gasteiger partial charge on any atom is -0.476 e. The van der Waals surface area contributed by atoms with Gasteiger partial charge in [0.1, 0.15) is 4.88 Å². The highest BCUT2D eigenvalue weighted by Gasteiger charge is 2.23. The second-order valence-electron chi connectivity index (χ2n) is 5.00. The Morgan fingerprint density at radius 3 is 2.80 bits per heavy atom. The maximum Gasteiger partial charge on any atom is 0.356 e. The number of thiazole rings is 1. The fraction of sp³-hybridized carbons (Fsp3) is 0.615. The van der Waals surface area contributed by atoms with E-state index < -0.39 is 5.97 Å². The molecule has 7 heteroatoms. The van der Waals surface area contributed by atoms with Gasteiger partial charge in [-0.05, 0) is 18.8 Å². The van der Waals surface area contributed by atoms with Gasteiger partial charge < -0.3 is 14.7 Å². The van der Waals surface area contributed by atoms with Gasteiger partial charge in [-0.3, -0.25) is 4.79 Å². The number of nitrogens with zero attached hydrogens (tertiary/aromatic N) is 2. The van der Waals surface area contributed by atoms with Crippen molar-refractivity contribution in [3.8, 4) is 0 Å². The minimum atomic E-state index is -1.16. The molecule has 0 aliphatic carbocycles. The zero-order valence-electron chi connectivity index (χ0n) is 11.6. The van der Waals surface area contributed by atoms with E-state index in [0.29, 0.717) is 11.0 Å². The molecule has 0 saturated carbocycles. The van der Waals surface area contributed by atoms with Gasteiger partial charge in [-0.15, -0.1) is 0 Å². The monoisotopic (exact) mass is 298 g/mol. The Balaban J connectivity index is 2.13. The SMILES string of the molecule is CC(=O)c1sc(N(C)CC2CCCOC2)nc1C(=O)O. The first kappa shape index (κ1) is 14.9. The zero-order valence-corrected chi connectivity index (χ0v) is 12.4. The van der Waals surface area contributed by atoms with Crippen LogP contribution in [0.5, 0.6) is 0 Å². The third-order valence-corrected chi connectivity index (χ3v) is 4.52. The number of anilines is 1. The number of hydrogen-bond donors (Lipinski definition) is 1. The summed E-state index contributed by atoms with van der Waals surface area (Å²) in [5.74, 6) is -1.00. The quantitative estimate of drug-likeness (QED) is 0.836. The molecule has 1 unspecified atom stereocenters. The molecule has 1 N–H and O–H groups in total. The van der Waals surface area contributed by atoms with Gasteiger partial charge in [0.15, 0.2) is 16.6 Å². The lowest BCUT2D eigenvalue weighted by Crippen LogP contribution is -2.30. The summed E-state index contributed by atoms with van der Waals surface area (Å²) in [6.07, 6.45) is 2.15. The summed E-state index contributed by atoms with van der Waals surface area (Å²) >= 11 is 1.14. The molecule has 0 amide bonds. The fourth-order valence-electron chi connectivity index (χ4n) is 2.27. The highest BCUT2D eigenvalue weighted by Crippen LogP contribution is 2.27. The Bertz CT molecular complexity index is 477. The number of aromatic carboxylic acids is 1.